The van der Waals surface area contributed by atoms with E-state index >= 15 is 0 Å². The quantitative estimate of drug-likeness (QED) is 0.416. The standard InChI is InChI=1S/C27H25N3O4/c1-19(26(31)30-16-14-29(15-17-30)22-10-6-3-7-11-22)33-27(32)21-12-13-24-23(18-21)25(34-28-24)20-8-4-2-5-9-20/h2-13,18-19H,14-17H2,1H3. The molecule has 0 saturated carbocycles. The summed E-state index contributed by atoms with van der Waals surface area (Å²) in [5.74, 6) is -0.145. The van der Waals surface area contributed by atoms with E-state index in [0.717, 1.165) is 29.7 Å². The first-order chi connectivity index (χ1) is 16.6. The smallest absolute Gasteiger partial charge is 0.338 e. The number of esters is 1. The number of carbonyl (C=O) groups is 2. The Labute approximate surface area is 197 Å². The lowest BCUT2D eigenvalue weighted by atomic mass is 10.1. The van der Waals surface area contributed by atoms with E-state index in [0.29, 0.717) is 29.9 Å². The molecule has 1 amide bonds. The predicted octanol–water partition coefficient (Wildman–Crippen LogP) is 4.39. The summed E-state index contributed by atoms with van der Waals surface area (Å²) in [6, 6.07) is 24.8. The van der Waals surface area contributed by atoms with E-state index in [1.165, 1.54) is 0 Å². The van der Waals surface area contributed by atoms with Gasteiger partial charge in [0, 0.05) is 37.4 Å². The second-order valence-corrected chi connectivity index (χ2v) is 8.31. The minimum atomic E-state index is -0.873. The molecule has 1 saturated heterocycles. The van der Waals surface area contributed by atoms with E-state index in [9.17, 15) is 9.59 Å². The van der Waals surface area contributed by atoms with Gasteiger partial charge in [-0.1, -0.05) is 53.7 Å². The van der Waals surface area contributed by atoms with Crippen molar-refractivity contribution >= 4 is 28.5 Å². The van der Waals surface area contributed by atoms with Crippen molar-refractivity contribution in [2.75, 3.05) is 31.1 Å². The lowest BCUT2D eigenvalue weighted by Crippen LogP contribution is -2.51. The number of fused-ring (bicyclic) bond motifs is 1. The molecule has 0 bridgehead atoms. The summed E-state index contributed by atoms with van der Waals surface area (Å²) in [4.78, 5) is 29.8. The van der Waals surface area contributed by atoms with Crippen LogP contribution in [0.15, 0.2) is 83.4 Å². The number of carbonyl (C=O) groups excluding carboxylic acids is 2. The molecule has 1 aliphatic rings. The molecule has 1 unspecified atom stereocenters. The van der Waals surface area contributed by atoms with Gasteiger partial charge in [-0.15, -0.1) is 0 Å². The summed E-state index contributed by atoms with van der Waals surface area (Å²) >= 11 is 0. The molecule has 1 fully saturated rings. The molecular weight excluding hydrogens is 430 g/mol. The van der Waals surface area contributed by atoms with Gasteiger partial charge in [0.1, 0.15) is 5.52 Å². The number of benzene rings is 3. The van der Waals surface area contributed by atoms with Gasteiger partial charge in [-0.3, -0.25) is 4.79 Å². The second kappa shape index (κ2) is 9.39. The molecule has 3 aromatic carbocycles. The average Bonchev–Trinajstić information content (AvgIpc) is 3.32. The Balaban J connectivity index is 1.24. The molecule has 5 rings (SSSR count). The summed E-state index contributed by atoms with van der Waals surface area (Å²) in [6.45, 7) is 4.27. The van der Waals surface area contributed by atoms with Crippen molar-refractivity contribution in [2.24, 2.45) is 0 Å². The summed E-state index contributed by atoms with van der Waals surface area (Å²) in [5, 5.41) is 4.80. The third-order valence-electron chi connectivity index (χ3n) is 6.09. The van der Waals surface area contributed by atoms with Crippen LogP contribution in [0.3, 0.4) is 0 Å². The summed E-state index contributed by atoms with van der Waals surface area (Å²) in [6.07, 6.45) is -0.873. The maximum Gasteiger partial charge on any atom is 0.338 e. The molecule has 7 nitrogen and oxygen atoms in total. The van der Waals surface area contributed by atoms with E-state index in [4.69, 9.17) is 9.26 Å². The van der Waals surface area contributed by atoms with Gasteiger partial charge in [0.2, 0.25) is 0 Å². The van der Waals surface area contributed by atoms with Crippen LogP contribution in [0.25, 0.3) is 22.2 Å². The Morgan fingerprint density at radius 2 is 1.59 bits per heavy atom. The van der Waals surface area contributed by atoms with Crippen molar-refractivity contribution in [2.45, 2.75) is 13.0 Å². The van der Waals surface area contributed by atoms with Gasteiger partial charge >= 0.3 is 5.97 Å². The van der Waals surface area contributed by atoms with E-state index in [-0.39, 0.29) is 5.91 Å². The first kappa shape index (κ1) is 21.7. The fraction of sp³-hybridized carbons (Fsp3) is 0.222. The molecule has 1 aliphatic heterocycles. The van der Waals surface area contributed by atoms with Crippen molar-refractivity contribution < 1.29 is 18.8 Å². The number of ether oxygens (including phenoxy) is 1. The fourth-order valence-electron chi connectivity index (χ4n) is 4.23. The van der Waals surface area contributed by atoms with Crippen LogP contribution in [0.1, 0.15) is 17.3 Å². The van der Waals surface area contributed by atoms with Crippen LogP contribution in [0.2, 0.25) is 0 Å². The third-order valence-corrected chi connectivity index (χ3v) is 6.09. The lowest BCUT2D eigenvalue weighted by molar-refractivity contribution is -0.140. The minimum Gasteiger partial charge on any atom is -0.449 e. The van der Waals surface area contributed by atoms with Crippen molar-refractivity contribution in [3.8, 4) is 11.3 Å². The molecule has 1 atom stereocenters. The number of hydrogen-bond donors (Lipinski definition) is 0. The van der Waals surface area contributed by atoms with Gasteiger partial charge in [0.25, 0.3) is 5.91 Å². The number of anilines is 1. The number of piperazine rings is 1. The average molecular weight is 456 g/mol. The number of rotatable bonds is 5. The van der Waals surface area contributed by atoms with E-state index in [1.807, 2.05) is 48.5 Å². The maximum absolute atomic E-state index is 12.9. The molecule has 0 aliphatic carbocycles. The van der Waals surface area contributed by atoms with Gasteiger partial charge in [-0.2, -0.15) is 0 Å². The largest absolute Gasteiger partial charge is 0.449 e. The molecule has 0 N–H and O–H groups in total. The van der Waals surface area contributed by atoms with Crippen molar-refractivity contribution in [3.05, 3.63) is 84.4 Å². The van der Waals surface area contributed by atoms with Gasteiger partial charge in [0.15, 0.2) is 11.9 Å². The Bertz CT molecular complexity index is 1300. The van der Waals surface area contributed by atoms with Crippen LogP contribution in [-0.2, 0) is 9.53 Å². The zero-order valence-electron chi connectivity index (χ0n) is 18.9. The molecular formula is C27H25N3O4. The maximum atomic E-state index is 12.9. The topological polar surface area (TPSA) is 75.9 Å². The molecule has 2 heterocycles. The Hall–Kier alpha value is -4.13. The molecule has 4 aromatic rings. The monoisotopic (exact) mass is 455 g/mol. The van der Waals surface area contributed by atoms with E-state index < -0.39 is 12.1 Å². The van der Waals surface area contributed by atoms with Crippen LogP contribution in [0, 0.1) is 0 Å². The van der Waals surface area contributed by atoms with Gasteiger partial charge in [-0.05, 0) is 37.3 Å². The highest BCUT2D eigenvalue weighted by Crippen LogP contribution is 2.29. The van der Waals surface area contributed by atoms with Gasteiger partial charge < -0.3 is 19.1 Å². The van der Waals surface area contributed by atoms with Crippen molar-refractivity contribution in [3.63, 3.8) is 0 Å². The molecule has 34 heavy (non-hydrogen) atoms. The first-order valence-electron chi connectivity index (χ1n) is 11.3. The summed E-state index contributed by atoms with van der Waals surface area (Å²) in [7, 11) is 0. The Morgan fingerprint density at radius 3 is 2.29 bits per heavy atom. The fourth-order valence-corrected chi connectivity index (χ4v) is 4.23. The summed E-state index contributed by atoms with van der Waals surface area (Å²) < 4.78 is 11.0. The summed E-state index contributed by atoms with van der Waals surface area (Å²) in [5.41, 5.74) is 3.01. The third kappa shape index (κ3) is 4.37. The van der Waals surface area contributed by atoms with Crippen LogP contribution in [-0.4, -0.2) is 54.2 Å². The van der Waals surface area contributed by atoms with Crippen LogP contribution < -0.4 is 4.90 Å². The highest BCUT2D eigenvalue weighted by molar-refractivity contribution is 5.99. The number of amides is 1. The number of nitrogens with zero attached hydrogens (tertiary/aromatic N) is 3. The predicted molar refractivity (Wildman–Crippen MR) is 130 cm³/mol. The van der Waals surface area contributed by atoms with Crippen LogP contribution in [0.5, 0.6) is 0 Å². The number of hydrogen-bond acceptors (Lipinski definition) is 6. The lowest BCUT2D eigenvalue weighted by Gasteiger charge is -2.37. The molecule has 7 heteroatoms. The van der Waals surface area contributed by atoms with E-state index in [1.54, 1.807) is 30.0 Å². The number of para-hydroxylation sites is 1. The second-order valence-electron chi connectivity index (χ2n) is 8.31. The van der Waals surface area contributed by atoms with E-state index in [2.05, 4.69) is 22.2 Å². The van der Waals surface area contributed by atoms with Gasteiger partial charge in [-0.25, -0.2) is 4.79 Å². The SMILES string of the molecule is CC(OC(=O)c1ccc2noc(-c3ccccc3)c2c1)C(=O)N1CCN(c2ccccc2)CC1. The van der Waals surface area contributed by atoms with Crippen molar-refractivity contribution in [1.82, 2.24) is 10.1 Å². The number of aromatic nitrogens is 1. The Kier molecular flexibility index (Phi) is 5.99. The molecule has 172 valence electrons. The van der Waals surface area contributed by atoms with Crippen LogP contribution in [0.4, 0.5) is 5.69 Å². The van der Waals surface area contributed by atoms with Crippen LogP contribution >= 0.6 is 0 Å². The minimum absolute atomic E-state index is 0.183. The molecule has 0 radical (unpaired) electrons. The van der Waals surface area contributed by atoms with Gasteiger partial charge in [0.05, 0.1) is 10.9 Å². The highest BCUT2D eigenvalue weighted by Gasteiger charge is 2.28. The zero-order chi connectivity index (χ0) is 23.5. The normalized spacial score (nSPS) is 14.7. The van der Waals surface area contributed by atoms with Crippen molar-refractivity contribution in [1.29, 1.82) is 0 Å². The Morgan fingerprint density at radius 1 is 0.912 bits per heavy atom. The first-order valence-corrected chi connectivity index (χ1v) is 11.3. The zero-order valence-corrected chi connectivity index (χ0v) is 18.9. The molecule has 1 aromatic heterocycles. The highest BCUT2D eigenvalue weighted by atomic mass is 16.5. The molecule has 0 spiro atoms.